The Morgan fingerprint density at radius 2 is 2.12 bits per heavy atom. The fraction of sp³-hybridized carbons (Fsp3) is 0.818. The molecule has 2 amide bonds. The van der Waals surface area contributed by atoms with Crippen LogP contribution < -0.4 is 5.32 Å². The molecule has 1 saturated carbocycles. The number of nitrogens with zero attached hydrogens (tertiary/aromatic N) is 1. The smallest absolute Gasteiger partial charge is 0.246 e. The molecule has 1 heterocycles. The molecule has 0 radical (unpaired) electrons. The second-order valence-electron chi connectivity index (χ2n) is 4.94. The maximum atomic E-state index is 12.2. The maximum Gasteiger partial charge on any atom is 0.246 e. The maximum absolute atomic E-state index is 12.2. The number of carbonyl (C=O) groups is 2. The topological polar surface area (TPSA) is 66.5 Å². The predicted octanol–water partition coefficient (Wildman–Crippen LogP) is -0.510. The minimum Gasteiger partial charge on any atom is -0.342 e. The van der Waals surface area contributed by atoms with Crippen LogP contribution in [-0.4, -0.2) is 51.6 Å². The second-order valence-corrected chi connectivity index (χ2v) is 6.42. The van der Waals surface area contributed by atoms with Crippen molar-refractivity contribution in [1.29, 1.82) is 0 Å². The van der Waals surface area contributed by atoms with Gasteiger partial charge in [0.15, 0.2) is 0 Å². The molecule has 17 heavy (non-hydrogen) atoms. The van der Waals surface area contributed by atoms with E-state index in [2.05, 4.69) is 5.32 Å². The zero-order valence-corrected chi connectivity index (χ0v) is 11.0. The van der Waals surface area contributed by atoms with Gasteiger partial charge in [0, 0.05) is 28.9 Å². The SMILES string of the molecule is CC(CS(C)=O)N1CC(=O)NC(C2CC2)C1=O. The molecule has 0 aromatic rings. The molecule has 1 aliphatic heterocycles. The summed E-state index contributed by atoms with van der Waals surface area (Å²) in [5.41, 5.74) is 0. The Bertz CT molecular complexity index is 368. The van der Waals surface area contributed by atoms with Gasteiger partial charge in [0.1, 0.15) is 6.04 Å². The van der Waals surface area contributed by atoms with E-state index in [1.54, 1.807) is 11.2 Å². The van der Waals surface area contributed by atoms with Crippen molar-refractivity contribution >= 4 is 22.6 Å². The molecule has 0 spiro atoms. The van der Waals surface area contributed by atoms with Crippen LogP contribution in [-0.2, 0) is 20.4 Å². The minimum atomic E-state index is -0.955. The zero-order chi connectivity index (χ0) is 12.6. The standard InChI is InChI=1S/C11H18N2O3S/c1-7(6-17(2)16)13-5-9(14)12-10(11(13)15)8-3-4-8/h7-8,10H,3-6H2,1-2H3,(H,12,14). The first kappa shape index (κ1) is 12.5. The minimum absolute atomic E-state index is 0.00921. The molecule has 2 rings (SSSR count). The molecule has 96 valence electrons. The number of nitrogens with one attached hydrogen (secondary N) is 1. The molecule has 6 heteroatoms. The van der Waals surface area contributed by atoms with E-state index in [4.69, 9.17) is 0 Å². The third kappa shape index (κ3) is 2.86. The molecule has 1 N–H and O–H groups in total. The molecule has 2 aliphatic rings. The van der Waals surface area contributed by atoms with Gasteiger partial charge in [0.2, 0.25) is 11.8 Å². The molecular weight excluding hydrogens is 240 g/mol. The van der Waals surface area contributed by atoms with Crippen molar-refractivity contribution < 1.29 is 13.8 Å². The third-order valence-corrected chi connectivity index (χ3v) is 4.23. The first-order valence-corrected chi connectivity index (χ1v) is 7.61. The molecule has 0 aromatic heterocycles. The Labute approximate surface area is 103 Å². The zero-order valence-electron chi connectivity index (χ0n) is 10.1. The molecule has 2 fully saturated rings. The summed E-state index contributed by atoms with van der Waals surface area (Å²) in [6, 6.07) is -0.482. The lowest BCUT2D eigenvalue weighted by atomic mass is 10.1. The van der Waals surface area contributed by atoms with E-state index in [9.17, 15) is 13.8 Å². The molecular formula is C11H18N2O3S. The average Bonchev–Trinajstić information content (AvgIpc) is 3.03. The second kappa shape index (κ2) is 4.76. The summed E-state index contributed by atoms with van der Waals surface area (Å²) in [4.78, 5) is 25.3. The lowest BCUT2D eigenvalue weighted by molar-refractivity contribution is -0.146. The molecule has 0 aromatic carbocycles. The number of piperazine rings is 1. The van der Waals surface area contributed by atoms with Gasteiger partial charge in [-0.3, -0.25) is 13.8 Å². The van der Waals surface area contributed by atoms with Crippen LogP contribution in [0.3, 0.4) is 0 Å². The molecule has 5 nitrogen and oxygen atoms in total. The van der Waals surface area contributed by atoms with Crippen molar-refractivity contribution in [2.45, 2.75) is 31.8 Å². The fourth-order valence-electron chi connectivity index (χ4n) is 2.24. The number of hydrogen-bond acceptors (Lipinski definition) is 3. The van der Waals surface area contributed by atoms with Crippen molar-refractivity contribution in [2.24, 2.45) is 5.92 Å². The van der Waals surface area contributed by atoms with E-state index in [1.165, 1.54) is 0 Å². The van der Waals surface area contributed by atoms with Gasteiger partial charge in [-0.1, -0.05) is 0 Å². The molecule has 1 saturated heterocycles. The fourth-order valence-corrected chi connectivity index (χ4v) is 3.10. The Balaban J connectivity index is 2.06. The monoisotopic (exact) mass is 258 g/mol. The Morgan fingerprint density at radius 1 is 1.47 bits per heavy atom. The normalized spacial score (nSPS) is 28.8. The summed E-state index contributed by atoms with van der Waals surface area (Å²) in [6.07, 6.45) is 3.64. The van der Waals surface area contributed by atoms with Gasteiger partial charge in [-0.25, -0.2) is 0 Å². The molecule has 0 bridgehead atoms. The number of carbonyl (C=O) groups excluding carboxylic acids is 2. The van der Waals surface area contributed by atoms with Gasteiger partial charge < -0.3 is 10.2 Å². The molecule has 3 unspecified atom stereocenters. The van der Waals surface area contributed by atoms with E-state index in [0.29, 0.717) is 11.7 Å². The first-order chi connectivity index (χ1) is 7.99. The highest BCUT2D eigenvalue weighted by atomic mass is 32.2. The summed E-state index contributed by atoms with van der Waals surface area (Å²) >= 11 is 0. The Morgan fingerprint density at radius 3 is 2.65 bits per heavy atom. The van der Waals surface area contributed by atoms with Crippen LogP contribution in [0.4, 0.5) is 0 Å². The van der Waals surface area contributed by atoms with Gasteiger partial charge in [0.05, 0.1) is 6.54 Å². The quantitative estimate of drug-likeness (QED) is 0.738. The van der Waals surface area contributed by atoms with Crippen LogP contribution >= 0.6 is 0 Å². The summed E-state index contributed by atoms with van der Waals surface area (Å²) in [7, 11) is -0.955. The number of rotatable bonds is 4. The summed E-state index contributed by atoms with van der Waals surface area (Å²) in [6.45, 7) is 1.95. The van der Waals surface area contributed by atoms with Crippen molar-refractivity contribution in [3.05, 3.63) is 0 Å². The number of amides is 2. The summed E-state index contributed by atoms with van der Waals surface area (Å²) in [5, 5.41) is 2.76. The van der Waals surface area contributed by atoms with Gasteiger partial charge in [-0.2, -0.15) is 0 Å². The number of hydrogen-bond donors (Lipinski definition) is 1. The van der Waals surface area contributed by atoms with Crippen LogP contribution in [0.1, 0.15) is 19.8 Å². The average molecular weight is 258 g/mol. The van der Waals surface area contributed by atoms with Crippen LogP contribution in [0.2, 0.25) is 0 Å². The highest BCUT2D eigenvalue weighted by molar-refractivity contribution is 7.84. The van der Waals surface area contributed by atoms with E-state index < -0.39 is 10.8 Å². The van der Waals surface area contributed by atoms with Crippen molar-refractivity contribution in [1.82, 2.24) is 10.2 Å². The predicted molar refractivity (Wildman–Crippen MR) is 64.8 cm³/mol. The van der Waals surface area contributed by atoms with Crippen LogP contribution in [0.5, 0.6) is 0 Å². The van der Waals surface area contributed by atoms with Crippen LogP contribution in [0, 0.1) is 5.92 Å². The van der Waals surface area contributed by atoms with Crippen molar-refractivity contribution in [2.75, 3.05) is 18.6 Å². The highest BCUT2D eigenvalue weighted by Crippen LogP contribution is 2.34. The van der Waals surface area contributed by atoms with Crippen LogP contribution in [0.15, 0.2) is 0 Å². The van der Waals surface area contributed by atoms with E-state index in [1.807, 2.05) is 6.92 Å². The van der Waals surface area contributed by atoms with Gasteiger partial charge in [-0.15, -0.1) is 0 Å². The lowest BCUT2D eigenvalue weighted by Crippen LogP contribution is -2.61. The van der Waals surface area contributed by atoms with Gasteiger partial charge in [0.25, 0.3) is 0 Å². The Kier molecular flexibility index (Phi) is 3.51. The van der Waals surface area contributed by atoms with Crippen LogP contribution in [0.25, 0.3) is 0 Å². The van der Waals surface area contributed by atoms with Gasteiger partial charge in [-0.05, 0) is 25.7 Å². The molecule has 1 aliphatic carbocycles. The molecule has 3 atom stereocenters. The summed E-state index contributed by atoms with van der Waals surface area (Å²) in [5.74, 6) is 0.630. The van der Waals surface area contributed by atoms with E-state index in [-0.39, 0.29) is 30.4 Å². The summed E-state index contributed by atoms with van der Waals surface area (Å²) < 4.78 is 11.2. The Hall–Kier alpha value is -0.910. The van der Waals surface area contributed by atoms with Crippen molar-refractivity contribution in [3.8, 4) is 0 Å². The largest absolute Gasteiger partial charge is 0.342 e. The highest BCUT2D eigenvalue weighted by Gasteiger charge is 2.43. The van der Waals surface area contributed by atoms with Crippen molar-refractivity contribution in [3.63, 3.8) is 0 Å². The third-order valence-electron chi connectivity index (χ3n) is 3.28. The van der Waals surface area contributed by atoms with Gasteiger partial charge >= 0.3 is 0 Å². The first-order valence-electron chi connectivity index (χ1n) is 5.89. The van der Waals surface area contributed by atoms with E-state index >= 15 is 0 Å². The van der Waals surface area contributed by atoms with E-state index in [0.717, 1.165) is 12.8 Å². The lowest BCUT2D eigenvalue weighted by Gasteiger charge is -2.36.